The van der Waals surface area contributed by atoms with Crippen LogP contribution in [0.1, 0.15) is 17.2 Å². The van der Waals surface area contributed by atoms with E-state index in [4.69, 9.17) is 10.5 Å². The molecule has 2 aromatic rings. The molecule has 2 N–H and O–H groups in total. The van der Waals surface area contributed by atoms with Crippen LogP contribution in [0.5, 0.6) is 5.75 Å². The van der Waals surface area contributed by atoms with Crippen LogP contribution in [0.2, 0.25) is 0 Å². The van der Waals surface area contributed by atoms with Crippen molar-refractivity contribution < 1.29 is 17.9 Å². The minimum atomic E-state index is -1.22. The first-order valence-electron chi connectivity index (χ1n) is 5.57. The van der Waals surface area contributed by atoms with Gasteiger partial charge < -0.3 is 10.5 Å². The maximum Gasteiger partial charge on any atom is 0.132 e. The molecule has 0 amide bonds. The van der Waals surface area contributed by atoms with E-state index in [1.807, 2.05) is 0 Å². The van der Waals surface area contributed by atoms with Gasteiger partial charge in [-0.1, -0.05) is 12.1 Å². The molecule has 0 radical (unpaired) electrons. The Labute approximate surface area is 108 Å². The molecule has 0 heterocycles. The monoisotopic (exact) mass is 267 g/mol. The van der Waals surface area contributed by atoms with Crippen LogP contribution >= 0.6 is 0 Å². The van der Waals surface area contributed by atoms with E-state index in [2.05, 4.69) is 0 Å². The van der Waals surface area contributed by atoms with Crippen LogP contribution in [0.3, 0.4) is 0 Å². The van der Waals surface area contributed by atoms with Crippen molar-refractivity contribution in [3.8, 4) is 5.75 Å². The van der Waals surface area contributed by atoms with Gasteiger partial charge in [-0.15, -0.1) is 0 Å². The predicted molar refractivity (Wildman–Crippen MR) is 65.3 cm³/mol. The highest BCUT2D eigenvalue weighted by Gasteiger charge is 2.21. The van der Waals surface area contributed by atoms with Crippen molar-refractivity contribution in [3.63, 3.8) is 0 Å². The molecule has 1 atom stereocenters. The van der Waals surface area contributed by atoms with Gasteiger partial charge in [-0.3, -0.25) is 0 Å². The van der Waals surface area contributed by atoms with Gasteiger partial charge in [-0.2, -0.15) is 0 Å². The zero-order valence-corrected chi connectivity index (χ0v) is 10.2. The van der Waals surface area contributed by atoms with E-state index >= 15 is 0 Å². The SMILES string of the molecule is COc1ccc(C(N)c2c(F)cccc2F)c(F)c1. The molecule has 0 saturated heterocycles. The lowest BCUT2D eigenvalue weighted by molar-refractivity contribution is 0.410. The van der Waals surface area contributed by atoms with Gasteiger partial charge in [-0.05, 0) is 18.2 Å². The Morgan fingerprint density at radius 1 is 1.00 bits per heavy atom. The number of hydrogen-bond donors (Lipinski definition) is 1. The molecule has 2 aromatic carbocycles. The number of benzene rings is 2. The van der Waals surface area contributed by atoms with Crippen molar-refractivity contribution in [2.45, 2.75) is 6.04 Å². The molecule has 0 bridgehead atoms. The molecule has 0 aromatic heterocycles. The van der Waals surface area contributed by atoms with Crippen molar-refractivity contribution >= 4 is 0 Å². The third-order valence-corrected chi connectivity index (χ3v) is 2.85. The second-order valence-electron chi connectivity index (χ2n) is 4.00. The van der Waals surface area contributed by atoms with Gasteiger partial charge in [0.2, 0.25) is 0 Å². The Morgan fingerprint density at radius 2 is 1.63 bits per heavy atom. The normalized spacial score (nSPS) is 12.3. The van der Waals surface area contributed by atoms with Gasteiger partial charge in [0.25, 0.3) is 0 Å². The minimum absolute atomic E-state index is 0.00444. The maximum atomic E-state index is 13.8. The number of nitrogens with two attached hydrogens (primary N) is 1. The Kier molecular flexibility index (Phi) is 3.76. The highest BCUT2D eigenvalue weighted by Crippen LogP contribution is 2.28. The molecular formula is C14H12F3NO. The molecule has 0 fully saturated rings. The zero-order chi connectivity index (χ0) is 14.0. The smallest absolute Gasteiger partial charge is 0.132 e. The van der Waals surface area contributed by atoms with Gasteiger partial charge >= 0.3 is 0 Å². The summed E-state index contributed by atoms with van der Waals surface area (Å²) < 4.78 is 45.9. The summed E-state index contributed by atoms with van der Waals surface area (Å²) in [5.74, 6) is -1.97. The zero-order valence-electron chi connectivity index (χ0n) is 10.2. The van der Waals surface area contributed by atoms with Crippen LogP contribution in [0.25, 0.3) is 0 Å². The van der Waals surface area contributed by atoms with E-state index in [0.29, 0.717) is 5.75 Å². The number of halogens is 3. The first-order chi connectivity index (χ1) is 9.04. The van der Waals surface area contributed by atoms with E-state index < -0.39 is 23.5 Å². The molecule has 0 aliphatic heterocycles. The summed E-state index contributed by atoms with van der Waals surface area (Å²) >= 11 is 0. The van der Waals surface area contributed by atoms with E-state index in [9.17, 15) is 13.2 Å². The summed E-state index contributed by atoms with van der Waals surface area (Å²) in [6.07, 6.45) is 0. The van der Waals surface area contributed by atoms with Crippen LogP contribution in [-0.2, 0) is 0 Å². The second-order valence-corrected chi connectivity index (χ2v) is 4.00. The molecule has 0 spiro atoms. The molecule has 5 heteroatoms. The Hall–Kier alpha value is -2.01. The molecule has 100 valence electrons. The van der Waals surface area contributed by atoms with Crippen molar-refractivity contribution in [1.82, 2.24) is 0 Å². The summed E-state index contributed by atoms with van der Waals surface area (Å²) in [7, 11) is 1.39. The van der Waals surface area contributed by atoms with Crippen LogP contribution in [0, 0.1) is 17.5 Å². The average Bonchev–Trinajstić information content (AvgIpc) is 2.38. The van der Waals surface area contributed by atoms with E-state index in [-0.39, 0.29) is 11.1 Å². The van der Waals surface area contributed by atoms with Crippen molar-refractivity contribution in [1.29, 1.82) is 0 Å². The summed E-state index contributed by atoms with van der Waals surface area (Å²) in [4.78, 5) is 0. The van der Waals surface area contributed by atoms with Gasteiger partial charge in [-0.25, -0.2) is 13.2 Å². The van der Waals surface area contributed by atoms with E-state index in [0.717, 1.165) is 18.2 Å². The quantitative estimate of drug-likeness (QED) is 0.927. The molecule has 2 nitrogen and oxygen atoms in total. The molecule has 0 aliphatic rings. The fraction of sp³-hybridized carbons (Fsp3) is 0.143. The Bertz CT molecular complexity index is 581. The first-order valence-corrected chi connectivity index (χ1v) is 5.57. The van der Waals surface area contributed by atoms with Gasteiger partial charge in [0.15, 0.2) is 0 Å². The topological polar surface area (TPSA) is 35.2 Å². The van der Waals surface area contributed by atoms with Gasteiger partial charge in [0.1, 0.15) is 23.2 Å². The van der Waals surface area contributed by atoms with Crippen LogP contribution < -0.4 is 10.5 Å². The lowest BCUT2D eigenvalue weighted by atomic mass is 9.98. The number of rotatable bonds is 3. The van der Waals surface area contributed by atoms with Crippen molar-refractivity contribution in [3.05, 3.63) is 65.0 Å². The molecule has 0 aliphatic carbocycles. The van der Waals surface area contributed by atoms with E-state index in [1.54, 1.807) is 0 Å². The molecule has 19 heavy (non-hydrogen) atoms. The molecule has 0 saturated carbocycles. The van der Waals surface area contributed by atoms with E-state index in [1.165, 1.54) is 25.3 Å². The standard InChI is InChI=1S/C14H12F3NO/c1-19-8-5-6-9(12(17)7-8)14(18)13-10(15)3-2-4-11(13)16/h2-7,14H,18H2,1H3. The van der Waals surface area contributed by atoms with Crippen molar-refractivity contribution in [2.24, 2.45) is 5.73 Å². The maximum absolute atomic E-state index is 13.8. The summed E-state index contributed by atoms with van der Waals surface area (Å²) in [5, 5.41) is 0. The second kappa shape index (κ2) is 5.32. The highest BCUT2D eigenvalue weighted by atomic mass is 19.1. The van der Waals surface area contributed by atoms with Crippen molar-refractivity contribution in [2.75, 3.05) is 7.11 Å². The van der Waals surface area contributed by atoms with Crippen LogP contribution in [0.4, 0.5) is 13.2 Å². The minimum Gasteiger partial charge on any atom is -0.497 e. The fourth-order valence-corrected chi connectivity index (χ4v) is 1.85. The average molecular weight is 267 g/mol. The number of hydrogen-bond acceptors (Lipinski definition) is 2. The number of ether oxygens (including phenoxy) is 1. The highest BCUT2D eigenvalue weighted by molar-refractivity contribution is 5.37. The molecule has 2 rings (SSSR count). The van der Waals surface area contributed by atoms with Crippen LogP contribution in [-0.4, -0.2) is 7.11 Å². The fourth-order valence-electron chi connectivity index (χ4n) is 1.85. The molecule has 1 unspecified atom stereocenters. The largest absolute Gasteiger partial charge is 0.497 e. The lowest BCUT2D eigenvalue weighted by Gasteiger charge is -2.15. The van der Waals surface area contributed by atoms with Gasteiger partial charge in [0, 0.05) is 17.2 Å². The predicted octanol–water partition coefficient (Wildman–Crippen LogP) is 3.16. The summed E-state index contributed by atoms with van der Waals surface area (Å²) in [6.45, 7) is 0. The van der Waals surface area contributed by atoms with Crippen LogP contribution in [0.15, 0.2) is 36.4 Å². The first kappa shape index (κ1) is 13.4. The molecular weight excluding hydrogens is 255 g/mol. The number of methoxy groups -OCH3 is 1. The third-order valence-electron chi connectivity index (χ3n) is 2.85. The van der Waals surface area contributed by atoms with Gasteiger partial charge in [0.05, 0.1) is 13.2 Å². The Balaban J connectivity index is 2.47. The Morgan fingerprint density at radius 3 is 2.16 bits per heavy atom. The lowest BCUT2D eigenvalue weighted by Crippen LogP contribution is -2.17. The summed E-state index contributed by atoms with van der Waals surface area (Å²) in [5.41, 5.74) is 5.40. The third kappa shape index (κ3) is 2.56. The summed E-state index contributed by atoms with van der Waals surface area (Å²) in [6, 6.07) is 6.13.